The number of rotatable bonds is 6. The Morgan fingerprint density at radius 2 is 1.94 bits per heavy atom. The fourth-order valence-electron chi connectivity index (χ4n) is 5.83. The number of fused-ring (bicyclic) bond motifs is 5. The van der Waals surface area contributed by atoms with Gasteiger partial charge in [0.05, 0.1) is 34.3 Å². The number of aliphatic hydroxyl groups excluding tert-OH is 1. The van der Waals surface area contributed by atoms with Crippen LogP contribution in [0.1, 0.15) is 72.9 Å². The third kappa shape index (κ3) is 3.04. The molecule has 33 heavy (non-hydrogen) atoms. The lowest BCUT2D eigenvalue weighted by Gasteiger charge is -2.37. The van der Waals surface area contributed by atoms with Crippen molar-refractivity contribution in [3.63, 3.8) is 0 Å². The third-order valence-corrected chi connectivity index (χ3v) is 7.52. The van der Waals surface area contributed by atoms with E-state index in [0.717, 1.165) is 24.1 Å². The lowest BCUT2D eigenvalue weighted by Crippen LogP contribution is -2.38. The van der Waals surface area contributed by atoms with Crippen molar-refractivity contribution in [1.82, 2.24) is 20.2 Å². The van der Waals surface area contributed by atoms with Crippen LogP contribution in [-0.2, 0) is 5.41 Å². The summed E-state index contributed by atoms with van der Waals surface area (Å²) in [6.45, 7) is 4.21. The maximum absolute atomic E-state index is 14.4. The van der Waals surface area contributed by atoms with Gasteiger partial charge in [-0.15, -0.1) is 5.10 Å². The molecule has 0 spiro atoms. The standard InChI is InChI=1S/C25H24F2N4O2/c1-24(2)15-8-9-25(24,21-13-28-12-19(29-21)20(33)7-4-10-32)23-14(15)11-18(30-31-23)22-16(26)5-3-6-17(22)27/h3,5-6,11-13,15,32H,4,7-10H2,1-2H3/t15-,25-/m0/s1. The molecule has 0 radical (unpaired) electrons. The van der Waals surface area contributed by atoms with Crippen molar-refractivity contribution in [3.8, 4) is 11.3 Å². The maximum atomic E-state index is 14.4. The first kappa shape index (κ1) is 21.7. The fourth-order valence-corrected chi connectivity index (χ4v) is 5.83. The summed E-state index contributed by atoms with van der Waals surface area (Å²) in [7, 11) is 0. The molecule has 0 aliphatic heterocycles. The molecule has 2 atom stereocenters. The largest absolute Gasteiger partial charge is 0.396 e. The molecule has 5 rings (SSSR count). The minimum Gasteiger partial charge on any atom is -0.396 e. The van der Waals surface area contributed by atoms with E-state index in [0.29, 0.717) is 12.1 Å². The second-order valence-corrected chi connectivity index (χ2v) is 9.39. The van der Waals surface area contributed by atoms with Gasteiger partial charge in [-0.2, -0.15) is 5.10 Å². The molecule has 170 valence electrons. The van der Waals surface area contributed by atoms with Gasteiger partial charge in [0.15, 0.2) is 5.78 Å². The first-order chi connectivity index (χ1) is 15.8. The molecule has 2 heterocycles. The molecule has 2 aliphatic carbocycles. The van der Waals surface area contributed by atoms with Crippen LogP contribution >= 0.6 is 0 Å². The zero-order valence-corrected chi connectivity index (χ0v) is 18.5. The topological polar surface area (TPSA) is 88.9 Å². The fraction of sp³-hybridized carbons (Fsp3) is 0.400. The highest BCUT2D eigenvalue weighted by molar-refractivity contribution is 5.94. The smallest absolute Gasteiger partial charge is 0.182 e. The summed E-state index contributed by atoms with van der Waals surface area (Å²) in [6, 6.07) is 5.49. The van der Waals surface area contributed by atoms with E-state index < -0.39 is 17.0 Å². The van der Waals surface area contributed by atoms with Crippen LogP contribution in [0.2, 0.25) is 0 Å². The minimum atomic E-state index is -0.679. The monoisotopic (exact) mass is 450 g/mol. The normalized spacial score (nSPS) is 22.4. The molecule has 0 amide bonds. The molecular formula is C25H24F2N4O2. The van der Waals surface area contributed by atoms with Crippen LogP contribution in [0.5, 0.6) is 0 Å². The number of aromatic nitrogens is 4. The van der Waals surface area contributed by atoms with Gasteiger partial charge in [0, 0.05) is 19.2 Å². The SMILES string of the molecule is CC1(C)[C@H]2CC[C@]1(c1cncc(C(=O)CCCO)n1)c1nnc(-c3c(F)cccc3F)cc12. The second kappa shape index (κ2) is 7.73. The molecule has 6 nitrogen and oxygen atoms in total. The van der Waals surface area contributed by atoms with Gasteiger partial charge >= 0.3 is 0 Å². The number of carbonyl (C=O) groups is 1. The average Bonchev–Trinajstić information content (AvgIpc) is 3.18. The molecule has 1 N–H and O–H groups in total. The predicted molar refractivity (Wildman–Crippen MR) is 117 cm³/mol. The van der Waals surface area contributed by atoms with E-state index in [1.807, 2.05) is 0 Å². The first-order valence-corrected chi connectivity index (χ1v) is 11.1. The molecule has 0 unspecified atom stereocenters. The lowest BCUT2D eigenvalue weighted by molar-refractivity contribution is 0.0965. The Hall–Kier alpha value is -3.13. The van der Waals surface area contributed by atoms with Gasteiger partial charge in [-0.3, -0.25) is 9.78 Å². The minimum absolute atomic E-state index is 0.0641. The predicted octanol–water partition coefficient (Wildman–Crippen LogP) is 4.37. The van der Waals surface area contributed by atoms with E-state index in [9.17, 15) is 13.6 Å². The quantitative estimate of drug-likeness (QED) is 0.561. The van der Waals surface area contributed by atoms with Crippen molar-refractivity contribution in [2.24, 2.45) is 5.41 Å². The van der Waals surface area contributed by atoms with Gasteiger partial charge in [0.25, 0.3) is 0 Å². The molecule has 3 aromatic rings. The summed E-state index contributed by atoms with van der Waals surface area (Å²) in [4.78, 5) is 21.5. The van der Waals surface area contributed by atoms with E-state index >= 15 is 0 Å². The summed E-state index contributed by atoms with van der Waals surface area (Å²) in [5.74, 6) is -1.42. The number of nitrogens with zero attached hydrogens (tertiary/aromatic N) is 4. The van der Waals surface area contributed by atoms with Gasteiger partial charge in [0.2, 0.25) is 0 Å². The Kier molecular flexibility index (Phi) is 5.08. The van der Waals surface area contributed by atoms with E-state index in [4.69, 9.17) is 10.1 Å². The lowest BCUT2D eigenvalue weighted by atomic mass is 9.66. The zero-order chi connectivity index (χ0) is 23.4. The first-order valence-electron chi connectivity index (χ1n) is 11.1. The Morgan fingerprint density at radius 3 is 2.67 bits per heavy atom. The molecular weight excluding hydrogens is 426 g/mol. The van der Waals surface area contributed by atoms with Gasteiger partial charge in [0.1, 0.15) is 17.3 Å². The molecule has 2 bridgehead atoms. The summed E-state index contributed by atoms with van der Waals surface area (Å²) in [5.41, 5.74) is 1.64. The molecule has 1 aromatic carbocycles. The number of carbonyl (C=O) groups excluding carboxylic acids is 1. The summed E-state index contributed by atoms with van der Waals surface area (Å²) in [6.07, 6.45) is 5.31. The Bertz CT molecular complexity index is 1240. The van der Waals surface area contributed by atoms with Crippen molar-refractivity contribution in [1.29, 1.82) is 0 Å². The number of hydrogen-bond acceptors (Lipinski definition) is 6. The molecule has 2 aromatic heterocycles. The molecule has 2 aliphatic rings. The highest BCUT2D eigenvalue weighted by atomic mass is 19.1. The third-order valence-electron chi connectivity index (χ3n) is 7.52. The van der Waals surface area contributed by atoms with Crippen molar-refractivity contribution in [3.05, 3.63) is 70.9 Å². The average molecular weight is 450 g/mol. The summed E-state index contributed by atoms with van der Waals surface area (Å²) < 4.78 is 28.8. The van der Waals surface area contributed by atoms with Crippen LogP contribution in [0.25, 0.3) is 11.3 Å². The van der Waals surface area contributed by atoms with Gasteiger partial charge in [-0.1, -0.05) is 19.9 Å². The maximum Gasteiger partial charge on any atom is 0.182 e. The van der Waals surface area contributed by atoms with Gasteiger partial charge in [-0.05, 0) is 54.4 Å². The Labute approximate surface area is 190 Å². The van der Waals surface area contributed by atoms with Crippen molar-refractivity contribution in [2.45, 2.75) is 50.9 Å². The molecule has 8 heteroatoms. The highest BCUT2D eigenvalue weighted by Crippen LogP contribution is 2.69. The van der Waals surface area contributed by atoms with Crippen LogP contribution in [-0.4, -0.2) is 37.7 Å². The Morgan fingerprint density at radius 1 is 1.18 bits per heavy atom. The van der Waals surface area contributed by atoms with E-state index in [1.54, 1.807) is 12.3 Å². The summed E-state index contributed by atoms with van der Waals surface area (Å²) in [5, 5.41) is 17.8. The van der Waals surface area contributed by atoms with Crippen molar-refractivity contribution >= 4 is 5.78 Å². The second-order valence-electron chi connectivity index (χ2n) is 9.39. The molecule has 0 saturated heterocycles. The number of Topliss-reactive ketones (excluding diaryl/α,β-unsaturated/α-hetero) is 1. The van der Waals surface area contributed by atoms with Gasteiger partial charge in [-0.25, -0.2) is 13.8 Å². The number of aliphatic hydroxyl groups is 1. The molecule has 1 saturated carbocycles. The summed E-state index contributed by atoms with van der Waals surface area (Å²) >= 11 is 0. The van der Waals surface area contributed by atoms with Crippen LogP contribution in [0.3, 0.4) is 0 Å². The number of ketones is 1. The van der Waals surface area contributed by atoms with E-state index in [1.165, 1.54) is 24.4 Å². The Balaban J connectivity index is 1.63. The number of halogens is 2. The number of hydrogen-bond donors (Lipinski definition) is 1. The number of benzene rings is 1. The van der Waals surface area contributed by atoms with Crippen LogP contribution in [0.4, 0.5) is 8.78 Å². The van der Waals surface area contributed by atoms with Gasteiger partial charge < -0.3 is 5.11 Å². The van der Waals surface area contributed by atoms with E-state index in [2.05, 4.69) is 29.0 Å². The van der Waals surface area contributed by atoms with Crippen molar-refractivity contribution in [2.75, 3.05) is 6.61 Å². The van der Waals surface area contributed by atoms with Crippen LogP contribution in [0.15, 0.2) is 36.7 Å². The molecule has 1 fully saturated rings. The zero-order valence-electron chi connectivity index (χ0n) is 18.5. The van der Waals surface area contributed by atoms with Crippen LogP contribution in [0, 0.1) is 17.0 Å². The van der Waals surface area contributed by atoms with E-state index in [-0.39, 0.29) is 47.1 Å². The highest BCUT2D eigenvalue weighted by Gasteiger charge is 2.65. The van der Waals surface area contributed by atoms with Crippen molar-refractivity contribution < 1.29 is 18.7 Å². The van der Waals surface area contributed by atoms with Crippen LogP contribution < -0.4 is 0 Å².